The summed E-state index contributed by atoms with van der Waals surface area (Å²) in [5.74, 6) is -0.132. The molecule has 0 unspecified atom stereocenters. The molecule has 1 amide bonds. The monoisotopic (exact) mass is 316 g/mol. The first-order valence-electron chi connectivity index (χ1n) is 6.74. The number of benzene rings is 2. The summed E-state index contributed by atoms with van der Waals surface area (Å²) >= 11 is 0. The summed E-state index contributed by atoms with van der Waals surface area (Å²) in [7, 11) is 2.69. The fraction of sp³-hybridized carbons (Fsp3) is 0.188. The predicted molar refractivity (Wildman–Crippen MR) is 85.3 cm³/mol. The lowest BCUT2D eigenvalue weighted by atomic mass is 10.1. The van der Waals surface area contributed by atoms with Crippen molar-refractivity contribution < 1.29 is 19.2 Å². The van der Waals surface area contributed by atoms with Gasteiger partial charge in [0.05, 0.1) is 30.9 Å². The highest BCUT2D eigenvalue weighted by molar-refractivity contribution is 6.05. The van der Waals surface area contributed by atoms with E-state index in [4.69, 9.17) is 9.47 Å². The average molecular weight is 316 g/mol. The molecule has 0 aliphatic heterocycles. The number of carbonyl (C=O) groups is 1. The van der Waals surface area contributed by atoms with E-state index in [9.17, 15) is 14.9 Å². The highest BCUT2D eigenvalue weighted by Crippen LogP contribution is 2.37. The maximum Gasteiger partial charge on any atom is 0.314 e. The summed E-state index contributed by atoms with van der Waals surface area (Å²) in [5.41, 5.74) is 1.56. The van der Waals surface area contributed by atoms with Gasteiger partial charge in [-0.3, -0.25) is 14.9 Å². The van der Waals surface area contributed by atoms with Gasteiger partial charge in [0, 0.05) is 11.6 Å². The van der Waals surface area contributed by atoms with Crippen LogP contribution in [-0.2, 0) is 0 Å². The third kappa shape index (κ3) is 3.57. The average Bonchev–Trinajstić information content (AvgIpc) is 2.54. The zero-order valence-electron chi connectivity index (χ0n) is 13.0. The Hall–Kier alpha value is -3.09. The number of amides is 1. The van der Waals surface area contributed by atoms with Crippen molar-refractivity contribution in [1.29, 1.82) is 0 Å². The van der Waals surface area contributed by atoms with Gasteiger partial charge in [0.25, 0.3) is 5.91 Å². The lowest BCUT2D eigenvalue weighted by Gasteiger charge is -2.12. The van der Waals surface area contributed by atoms with Crippen molar-refractivity contribution in [2.75, 3.05) is 19.5 Å². The van der Waals surface area contributed by atoms with E-state index in [0.29, 0.717) is 11.3 Å². The van der Waals surface area contributed by atoms with Crippen LogP contribution in [0.1, 0.15) is 15.9 Å². The van der Waals surface area contributed by atoms with Gasteiger partial charge < -0.3 is 14.8 Å². The molecule has 0 saturated heterocycles. The van der Waals surface area contributed by atoms with E-state index in [2.05, 4.69) is 5.32 Å². The lowest BCUT2D eigenvalue weighted by molar-refractivity contribution is -0.385. The van der Waals surface area contributed by atoms with Crippen LogP contribution in [0.25, 0.3) is 0 Å². The Morgan fingerprint density at radius 3 is 2.22 bits per heavy atom. The molecule has 2 aromatic carbocycles. The number of hydrogen-bond donors (Lipinski definition) is 1. The smallest absolute Gasteiger partial charge is 0.314 e. The fourth-order valence-corrected chi connectivity index (χ4v) is 2.02. The topological polar surface area (TPSA) is 90.7 Å². The minimum absolute atomic E-state index is 0.0370. The summed E-state index contributed by atoms with van der Waals surface area (Å²) < 4.78 is 10.1. The maximum atomic E-state index is 12.3. The van der Waals surface area contributed by atoms with Crippen LogP contribution in [0.3, 0.4) is 0 Å². The molecule has 23 heavy (non-hydrogen) atoms. The first-order valence-corrected chi connectivity index (χ1v) is 6.74. The summed E-state index contributed by atoms with van der Waals surface area (Å²) in [6, 6.07) is 9.61. The van der Waals surface area contributed by atoms with Gasteiger partial charge in [-0.2, -0.15) is 0 Å². The molecule has 2 aromatic rings. The van der Waals surface area contributed by atoms with Gasteiger partial charge in [0.15, 0.2) is 5.75 Å². The molecule has 7 heteroatoms. The van der Waals surface area contributed by atoms with Crippen LogP contribution in [-0.4, -0.2) is 25.1 Å². The van der Waals surface area contributed by atoms with Crippen molar-refractivity contribution in [1.82, 2.24) is 0 Å². The van der Waals surface area contributed by atoms with E-state index >= 15 is 0 Å². The predicted octanol–water partition coefficient (Wildman–Crippen LogP) is 3.17. The van der Waals surface area contributed by atoms with Crippen LogP contribution in [0.5, 0.6) is 11.5 Å². The van der Waals surface area contributed by atoms with Crippen molar-refractivity contribution >= 4 is 17.3 Å². The molecule has 0 atom stereocenters. The zero-order chi connectivity index (χ0) is 17.0. The number of aryl methyl sites for hydroxylation is 1. The second kappa shape index (κ2) is 6.78. The van der Waals surface area contributed by atoms with Crippen LogP contribution in [0.15, 0.2) is 36.4 Å². The molecular weight excluding hydrogens is 300 g/mol. The second-order valence-corrected chi connectivity index (χ2v) is 4.80. The van der Waals surface area contributed by atoms with Crippen LogP contribution < -0.4 is 14.8 Å². The molecule has 0 aromatic heterocycles. The summed E-state index contributed by atoms with van der Waals surface area (Å²) in [4.78, 5) is 22.7. The number of ether oxygens (including phenoxy) is 2. The van der Waals surface area contributed by atoms with Crippen molar-refractivity contribution in [2.45, 2.75) is 6.92 Å². The van der Waals surface area contributed by atoms with E-state index in [1.165, 1.54) is 26.4 Å². The Bertz CT molecular complexity index is 741. The lowest BCUT2D eigenvalue weighted by Crippen LogP contribution is -2.13. The van der Waals surface area contributed by atoms with Crippen molar-refractivity contribution in [3.63, 3.8) is 0 Å². The van der Waals surface area contributed by atoms with Crippen molar-refractivity contribution in [3.05, 3.63) is 57.6 Å². The number of nitro benzene ring substituents is 1. The number of anilines is 1. The van der Waals surface area contributed by atoms with Crippen LogP contribution in [0.2, 0.25) is 0 Å². The molecular formula is C16H16N2O5. The van der Waals surface area contributed by atoms with Gasteiger partial charge >= 0.3 is 5.69 Å². The van der Waals surface area contributed by atoms with Gasteiger partial charge in [-0.1, -0.05) is 17.7 Å². The minimum Gasteiger partial charge on any atom is -0.494 e. The summed E-state index contributed by atoms with van der Waals surface area (Å²) in [5, 5.41) is 13.7. The van der Waals surface area contributed by atoms with Gasteiger partial charge in [0.1, 0.15) is 5.75 Å². The standard InChI is InChI=1S/C16H16N2O5/c1-10-4-6-11(7-5-10)16(19)17-12-8-15(23-3)13(18(20)21)9-14(12)22-2/h4-9H,1-3H3,(H,17,19). The third-order valence-corrected chi connectivity index (χ3v) is 3.26. The van der Waals surface area contributed by atoms with E-state index in [1.54, 1.807) is 12.1 Å². The first-order chi connectivity index (χ1) is 11.0. The number of nitro groups is 1. The Labute approximate surface area is 133 Å². The number of nitrogens with zero attached hydrogens (tertiary/aromatic N) is 1. The maximum absolute atomic E-state index is 12.3. The normalized spacial score (nSPS) is 10.0. The van der Waals surface area contributed by atoms with Crippen LogP contribution >= 0.6 is 0 Å². The number of rotatable bonds is 5. The SMILES string of the molecule is COc1cc([N+](=O)[O-])c(OC)cc1NC(=O)c1ccc(C)cc1. The molecule has 1 N–H and O–H groups in total. The highest BCUT2D eigenvalue weighted by atomic mass is 16.6. The highest BCUT2D eigenvalue weighted by Gasteiger charge is 2.21. The number of nitrogens with one attached hydrogen (secondary N) is 1. The van der Waals surface area contributed by atoms with Gasteiger partial charge in [-0.15, -0.1) is 0 Å². The molecule has 0 radical (unpaired) electrons. The van der Waals surface area contributed by atoms with Gasteiger partial charge in [-0.25, -0.2) is 0 Å². The molecule has 120 valence electrons. The minimum atomic E-state index is -0.576. The molecule has 0 bridgehead atoms. The van der Waals surface area contributed by atoms with Gasteiger partial charge in [-0.05, 0) is 19.1 Å². The molecule has 7 nitrogen and oxygen atoms in total. The van der Waals surface area contributed by atoms with Crippen molar-refractivity contribution in [3.8, 4) is 11.5 Å². The Balaban J connectivity index is 2.36. The molecule has 0 aliphatic carbocycles. The van der Waals surface area contributed by atoms with E-state index < -0.39 is 4.92 Å². The number of hydrogen-bond acceptors (Lipinski definition) is 5. The Morgan fingerprint density at radius 2 is 1.70 bits per heavy atom. The molecule has 2 rings (SSSR count). The molecule has 0 fully saturated rings. The zero-order valence-corrected chi connectivity index (χ0v) is 13.0. The number of methoxy groups -OCH3 is 2. The molecule has 0 heterocycles. The van der Waals surface area contributed by atoms with E-state index in [0.717, 1.165) is 5.56 Å². The number of carbonyl (C=O) groups excluding carboxylic acids is 1. The molecule has 0 aliphatic rings. The Morgan fingerprint density at radius 1 is 1.09 bits per heavy atom. The summed E-state index contributed by atoms with van der Waals surface area (Å²) in [6.07, 6.45) is 0. The fourth-order valence-electron chi connectivity index (χ4n) is 2.02. The van der Waals surface area contributed by atoms with E-state index in [-0.39, 0.29) is 23.1 Å². The quantitative estimate of drug-likeness (QED) is 0.676. The largest absolute Gasteiger partial charge is 0.494 e. The van der Waals surface area contributed by atoms with E-state index in [1.807, 2.05) is 19.1 Å². The van der Waals surface area contributed by atoms with Gasteiger partial charge in [0.2, 0.25) is 0 Å². The van der Waals surface area contributed by atoms with Crippen LogP contribution in [0, 0.1) is 17.0 Å². The second-order valence-electron chi connectivity index (χ2n) is 4.80. The molecule has 0 spiro atoms. The Kier molecular flexibility index (Phi) is 4.80. The third-order valence-electron chi connectivity index (χ3n) is 3.26. The molecule has 0 saturated carbocycles. The van der Waals surface area contributed by atoms with Crippen molar-refractivity contribution in [2.24, 2.45) is 0 Å². The first kappa shape index (κ1) is 16.3. The van der Waals surface area contributed by atoms with Crippen LogP contribution in [0.4, 0.5) is 11.4 Å². The summed E-state index contributed by atoms with van der Waals surface area (Å²) in [6.45, 7) is 1.92.